The van der Waals surface area contributed by atoms with E-state index in [1.165, 1.54) is 0 Å². The second-order valence-corrected chi connectivity index (χ2v) is 4.34. The molecule has 0 aromatic carbocycles. The van der Waals surface area contributed by atoms with Gasteiger partial charge in [-0.25, -0.2) is 0 Å². The lowest BCUT2D eigenvalue weighted by atomic mass is 9.76. The largest absolute Gasteiger partial charge is 0.369 e. The Balaban J connectivity index is 4.93. The molecule has 4 N–H and O–H groups in total. The summed E-state index contributed by atoms with van der Waals surface area (Å²) in [5.41, 5.74) is 10.5. The first-order chi connectivity index (χ1) is 6.29. The van der Waals surface area contributed by atoms with Crippen molar-refractivity contribution in [2.45, 2.75) is 27.7 Å². The molecule has 0 saturated heterocycles. The third-order valence-electron chi connectivity index (χ3n) is 2.48. The van der Waals surface area contributed by atoms with Crippen molar-refractivity contribution in [2.24, 2.45) is 35.1 Å². The summed E-state index contributed by atoms with van der Waals surface area (Å²) in [6.45, 7) is 7.48. The number of rotatable bonds is 5. The minimum atomic E-state index is -0.465. The molecule has 0 fully saturated rings. The lowest BCUT2D eigenvalue weighted by molar-refractivity contribution is -0.134. The summed E-state index contributed by atoms with van der Waals surface area (Å²) < 4.78 is 0. The Bertz CT molecular complexity index is 200. The van der Waals surface area contributed by atoms with E-state index in [9.17, 15) is 9.59 Å². The molecule has 0 aliphatic rings. The van der Waals surface area contributed by atoms with Crippen molar-refractivity contribution >= 4 is 11.8 Å². The average molecular weight is 200 g/mol. The summed E-state index contributed by atoms with van der Waals surface area (Å²) in [4.78, 5) is 22.4. The van der Waals surface area contributed by atoms with Gasteiger partial charge in [0.25, 0.3) is 0 Å². The zero-order valence-corrected chi connectivity index (χ0v) is 9.28. The van der Waals surface area contributed by atoms with Gasteiger partial charge < -0.3 is 11.5 Å². The molecule has 4 nitrogen and oxygen atoms in total. The highest BCUT2D eigenvalue weighted by Crippen LogP contribution is 2.26. The van der Waals surface area contributed by atoms with Crippen LogP contribution in [0.4, 0.5) is 0 Å². The average Bonchev–Trinajstić information content (AvgIpc) is 1.96. The fourth-order valence-electron chi connectivity index (χ4n) is 1.84. The Morgan fingerprint density at radius 3 is 1.07 bits per heavy atom. The summed E-state index contributed by atoms with van der Waals surface area (Å²) in [6, 6.07) is 0. The van der Waals surface area contributed by atoms with Crippen LogP contribution in [-0.4, -0.2) is 11.8 Å². The normalized spacial score (nSPS) is 15.6. The van der Waals surface area contributed by atoms with Crippen LogP contribution in [-0.2, 0) is 9.59 Å². The maximum atomic E-state index is 11.2. The van der Waals surface area contributed by atoms with Crippen molar-refractivity contribution in [3.05, 3.63) is 0 Å². The number of nitrogens with two attached hydrogens (primary N) is 2. The highest BCUT2D eigenvalue weighted by Gasteiger charge is 2.35. The molecule has 0 spiro atoms. The molecule has 0 aliphatic heterocycles. The van der Waals surface area contributed by atoms with Crippen molar-refractivity contribution in [2.75, 3.05) is 0 Å². The van der Waals surface area contributed by atoms with E-state index in [1.54, 1.807) is 0 Å². The van der Waals surface area contributed by atoms with Gasteiger partial charge >= 0.3 is 0 Å². The van der Waals surface area contributed by atoms with Crippen LogP contribution in [0.2, 0.25) is 0 Å². The molecular weight excluding hydrogens is 180 g/mol. The quantitative estimate of drug-likeness (QED) is 0.677. The molecule has 0 aromatic heterocycles. The fourth-order valence-corrected chi connectivity index (χ4v) is 1.84. The van der Waals surface area contributed by atoms with Crippen LogP contribution in [0.5, 0.6) is 0 Å². The third-order valence-corrected chi connectivity index (χ3v) is 2.48. The Hall–Kier alpha value is -1.06. The second kappa shape index (κ2) is 4.98. The summed E-state index contributed by atoms with van der Waals surface area (Å²) in [5.74, 6) is -1.75. The van der Waals surface area contributed by atoms with Gasteiger partial charge in [-0.3, -0.25) is 9.59 Å². The molecule has 0 aromatic rings. The first-order valence-corrected chi connectivity index (χ1v) is 4.87. The van der Waals surface area contributed by atoms with Gasteiger partial charge in [0.05, 0.1) is 11.8 Å². The molecule has 2 atom stereocenters. The van der Waals surface area contributed by atoms with Gasteiger partial charge in [0.2, 0.25) is 11.8 Å². The molecular formula is C10H20N2O2. The van der Waals surface area contributed by atoms with Crippen molar-refractivity contribution < 1.29 is 9.59 Å². The molecule has 0 heterocycles. The van der Waals surface area contributed by atoms with Crippen LogP contribution in [0, 0.1) is 23.7 Å². The summed E-state index contributed by atoms with van der Waals surface area (Å²) in [7, 11) is 0. The summed E-state index contributed by atoms with van der Waals surface area (Å²) >= 11 is 0. The Morgan fingerprint density at radius 2 is 1.00 bits per heavy atom. The maximum Gasteiger partial charge on any atom is 0.221 e. The zero-order chi connectivity index (χ0) is 11.5. The molecule has 82 valence electrons. The van der Waals surface area contributed by atoms with E-state index < -0.39 is 23.7 Å². The summed E-state index contributed by atoms with van der Waals surface area (Å²) in [6.07, 6.45) is 0. The number of hydrogen-bond donors (Lipinski definition) is 2. The highest BCUT2D eigenvalue weighted by molar-refractivity contribution is 5.86. The molecule has 2 unspecified atom stereocenters. The maximum absolute atomic E-state index is 11.2. The minimum absolute atomic E-state index is 0.0346. The number of hydrogen-bond acceptors (Lipinski definition) is 2. The van der Waals surface area contributed by atoms with Crippen molar-refractivity contribution in [1.29, 1.82) is 0 Å². The molecule has 0 aliphatic carbocycles. The van der Waals surface area contributed by atoms with Gasteiger partial charge in [0, 0.05) is 0 Å². The molecule has 0 bridgehead atoms. The molecule has 4 heteroatoms. The van der Waals surface area contributed by atoms with E-state index in [-0.39, 0.29) is 11.8 Å². The van der Waals surface area contributed by atoms with Crippen LogP contribution in [0.3, 0.4) is 0 Å². The van der Waals surface area contributed by atoms with Gasteiger partial charge in [-0.05, 0) is 11.8 Å². The highest BCUT2D eigenvalue weighted by atomic mass is 16.2. The lowest BCUT2D eigenvalue weighted by Gasteiger charge is -2.27. The zero-order valence-electron chi connectivity index (χ0n) is 9.28. The van der Waals surface area contributed by atoms with E-state index in [0.717, 1.165) is 0 Å². The van der Waals surface area contributed by atoms with Crippen LogP contribution >= 0.6 is 0 Å². The first-order valence-electron chi connectivity index (χ1n) is 4.87. The minimum Gasteiger partial charge on any atom is -0.369 e. The van der Waals surface area contributed by atoms with E-state index in [1.807, 2.05) is 27.7 Å². The SMILES string of the molecule is CC(C)C(C(N)=O)C(C(N)=O)C(C)C. The van der Waals surface area contributed by atoms with Crippen molar-refractivity contribution in [1.82, 2.24) is 0 Å². The number of carbonyl (C=O) groups excluding carboxylic acids is 2. The number of carbonyl (C=O) groups is 2. The first kappa shape index (κ1) is 12.9. The Labute approximate surface area is 85.0 Å². The van der Waals surface area contributed by atoms with Gasteiger partial charge in [0.1, 0.15) is 0 Å². The Morgan fingerprint density at radius 1 is 0.786 bits per heavy atom. The summed E-state index contributed by atoms with van der Waals surface area (Å²) in [5, 5.41) is 0. The van der Waals surface area contributed by atoms with Crippen LogP contribution in [0.15, 0.2) is 0 Å². The van der Waals surface area contributed by atoms with E-state index in [4.69, 9.17) is 11.5 Å². The number of primary amides is 2. The standard InChI is InChI=1S/C10H20N2O2/c1-5(2)7(9(11)13)8(6(3)4)10(12)14/h5-8H,1-4H3,(H2,11,13)(H2,12,14). The molecule has 0 rings (SSSR count). The lowest BCUT2D eigenvalue weighted by Crippen LogP contribution is -2.43. The monoisotopic (exact) mass is 200 g/mol. The van der Waals surface area contributed by atoms with Crippen molar-refractivity contribution in [3.63, 3.8) is 0 Å². The topological polar surface area (TPSA) is 86.2 Å². The van der Waals surface area contributed by atoms with Crippen LogP contribution in [0.1, 0.15) is 27.7 Å². The molecule has 14 heavy (non-hydrogen) atoms. The smallest absolute Gasteiger partial charge is 0.221 e. The predicted molar refractivity (Wildman–Crippen MR) is 55.0 cm³/mol. The third kappa shape index (κ3) is 3.01. The fraction of sp³-hybridized carbons (Fsp3) is 0.800. The van der Waals surface area contributed by atoms with Gasteiger partial charge in [-0.15, -0.1) is 0 Å². The van der Waals surface area contributed by atoms with Crippen LogP contribution < -0.4 is 11.5 Å². The van der Waals surface area contributed by atoms with Gasteiger partial charge in [-0.1, -0.05) is 27.7 Å². The van der Waals surface area contributed by atoms with Gasteiger partial charge in [0.15, 0.2) is 0 Å². The van der Waals surface area contributed by atoms with E-state index in [2.05, 4.69) is 0 Å². The van der Waals surface area contributed by atoms with Crippen molar-refractivity contribution in [3.8, 4) is 0 Å². The van der Waals surface area contributed by atoms with E-state index >= 15 is 0 Å². The van der Waals surface area contributed by atoms with E-state index in [0.29, 0.717) is 0 Å². The van der Waals surface area contributed by atoms with Crippen LogP contribution in [0.25, 0.3) is 0 Å². The molecule has 0 saturated carbocycles. The Kier molecular flexibility index (Phi) is 4.60. The number of amides is 2. The second-order valence-electron chi connectivity index (χ2n) is 4.34. The predicted octanol–water partition coefficient (Wildman–Crippen LogP) is 0.501. The van der Waals surface area contributed by atoms with Gasteiger partial charge in [-0.2, -0.15) is 0 Å². The molecule has 0 radical (unpaired) electrons. The molecule has 2 amide bonds.